The molecule has 4 rings (SSSR count). The van der Waals surface area contributed by atoms with Gasteiger partial charge in [-0.1, -0.05) is 30.3 Å². The van der Waals surface area contributed by atoms with Crippen molar-refractivity contribution in [1.29, 1.82) is 0 Å². The molecule has 0 radical (unpaired) electrons. The quantitative estimate of drug-likeness (QED) is 0.131. The van der Waals surface area contributed by atoms with E-state index in [0.29, 0.717) is 22.6 Å². The number of methoxy groups -OCH3 is 2. The number of ketones is 1. The van der Waals surface area contributed by atoms with Crippen LogP contribution in [-0.4, -0.2) is 24.9 Å². The first-order valence-corrected chi connectivity index (χ1v) is 10.4. The van der Waals surface area contributed by atoms with Gasteiger partial charge in [0.15, 0.2) is 5.78 Å². The Balaban J connectivity index is 1.54. The van der Waals surface area contributed by atoms with Gasteiger partial charge in [0, 0.05) is 11.6 Å². The van der Waals surface area contributed by atoms with E-state index in [1.165, 1.54) is 18.2 Å². The fourth-order valence-electron chi connectivity index (χ4n) is 3.41. The van der Waals surface area contributed by atoms with Crippen molar-refractivity contribution in [3.05, 3.63) is 106 Å². The van der Waals surface area contributed by atoms with Crippen molar-refractivity contribution in [2.24, 2.45) is 0 Å². The number of nitrogens with zero attached hydrogens (tertiary/aromatic N) is 1. The van der Waals surface area contributed by atoms with E-state index in [0.717, 1.165) is 16.5 Å². The first kappa shape index (κ1) is 22.5. The Labute approximate surface area is 196 Å². The van der Waals surface area contributed by atoms with Gasteiger partial charge < -0.3 is 14.2 Å². The van der Waals surface area contributed by atoms with Crippen molar-refractivity contribution in [3.8, 4) is 23.0 Å². The zero-order valence-corrected chi connectivity index (χ0v) is 18.6. The van der Waals surface area contributed by atoms with E-state index < -0.39 is 4.92 Å². The van der Waals surface area contributed by atoms with Gasteiger partial charge in [-0.05, 0) is 70.9 Å². The fourth-order valence-corrected chi connectivity index (χ4v) is 3.41. The number of carbonyl (C=O) groups excluding carboxylic acids is 1. The smallest absolute Gasteiger partial charge is 0.312 e. The summed E-state index contributed by atoms with van der Waals surface area (Å²) in [7, 11) is 3.15. The van der Waals surface area contributed by atoms with Gasteiger partial charge >= 0.3 is 5.69 Å². The SMILES string of the molecule is COc1ccc(Oc2ccc(/C=C/C(=O)c3ccc4cc(OC)ccc4c3)cc2[N+](=O)[O-])cc1. The molecule has 0 fully saturated rings. The monoisotopic (exact) mass is 455 g/mol. The molecule has 0 unspecified atom stereocenters. The van der Waals surface area contributed by atoms with Crippen LogP contribution >= 0.6 is 0 Å². The van der Waals surface area contributed by atoms with E-state index in [1.54, 1.807) is 62.8 Å². The second kappa shape index (κ2) is 9.87. The summed E-state index contributed by atoms with van der Waals surface area (Å²) in [6.07, 6.45) is 2.94. The van der Waals surface area contributed by atoms with E-state index >= 15 is 0 Å². The third-order valence-corrected chi connectivity index (χ3v) is 5.23. The minimum atomic E-state index is -0.518. The lowest BCUT2D eigenvalue weighted by molar-refractivity contribution is -0.385. The summed E-state index contributed by atoms with van der Waals surface area (Å²) in [4.78, 5) is 23.8. The van der Waals surface area contributed by atoms with E-state index in [4.69, 9.17) is 14.2 Å². The summed E-state index contributed by atoms with van der Waals surface area (Å²) in [5.41, 5.74) is 0.820. The molecule has 0 amide bonds. The number of nitro groups is 1. The average Bonchev–Trinajstić information content (AvgIpc) is 2.87. The number of hydrogen-bond donors (Lipinski definition) is 0. The van der Waals surface area contributed by atoms with Crippen molar-refractivity contribution in [1.82, 2.24) is 0 Å². The second-order valence-electron chi connectivity index (χ2n) is 7.39. The molecule has 7 heteroatoms. The maximum atomic E-state index is 12.7. The van der Waals surface area contributed by atoms with Gasteiger partial charge in [-0.25, -0.2) is 0 Å². The molecule has 0 heterocycles. The molecule has 4 aromatic carbocycles. The Kier molecular flexibility index (Phi) is 6.54. The molecule has 7 nitrogen and oxygen atoms in total. The van der Waals surface area contributed by atoms with Crippen LogP contribution in [0.5, 0.6) is 23.0 Å². The highest BCUT2D eigenvalue weighted by Gasteiger charge is 2.16. The largest absolute Gasteiger partial charge is 0.497 e. The fraction of sp³-hybridized carbons (Fsp3) is 0.0741. The summed E-state index contributed by atoms with van der Waals surface area (Å²) in [6, 6.07) is 22.3. The van der Waals surface area contributed by atoms with Crippen LogP contribution in [0.3, 0.4) is 0 Å². The number of allylic oxidation sites excluding steroid dienone is 1. The molecule has 170 valence electrons. The molecule has 0 saturated carbocycles. The van der Waals surface area contributed by atoms with E-state index in [9.17, 15) is 14.9 Å². The van der Waals surface area contributed by atoms with Gasteiger partial charge in [-0.15, -0.1) is 0 Å². The number of rotatable bonds is 8. The highest BCUT2D eigenvalue weighted by Crippen LogP contribution is 2.33. The van der Waals surface area contributed by atoms with E-state index in [1.807, 2.05) is 24.3 Å². The second-order valence-corrected chi connectivity index (χ2v) is 7.39. The van der Waals surface area contributed by atoms with Crippen LogP contribution < -0.4 is 14.2 Å². The normalized spacial score (nSPS) is 10.9. The minimum Gasteiger partial charge on any atom is -0.497 e. The third-order valence-electron chi connectivity index (χ3n) is 5.23. The van der Waals surface area contributed by atoms with Crippen molar-refractivity contribution in [2.45, 2.75) is 0 Å². The molecule has 0 bridgehead atoms. The summed E-state index contributed by atoms with van der Waals surface area (Å²) >= 11 is 0. The first-order valence-electron chi connectivity index (χ1n) is 10.4. The molecule has 0 aliphatic rings. The zero-order valence-electron chi connectivity index (χ0n) is 18.6. The number of fused-ring (bicyclic) bond motifs is 1. The van der Waals surface area contributed by atoms with Crippen LogP contribution in [0.4, 0.5) is 5.69 Å². The van der Waals surface area contributed by atoms with Crippen molar-refractivity contribution >= 4 is 28.3 Å². The van der Waals surface area contributed by atoms with Crippen LogP contribution in [0.15, 0.2) is 84.9 Å². The van der Waals surface area contributed by atoms with Crippen molar-refractivity contribution < 1.29 is 23.9 Å². The predicted molar refractivity (Wildman–Crippen MR) is 130 cm³/mol. The van der Waals surface area contributed by atoms with Crippen molar-refractivity contribution in [3.63, 3.8) is 0 Å². The lowest BCUT2D eigenvalue weighted by Crippen LogP contribution is -1.96. The van der Waals surface area contributed by atoms with Gasteiger partial charge in [-0.2, -0.15) is 0 Å². The van der Waals surface area contributed by atoms with Gasteiger partial charge in [-0.3, -0.25) is 14.9 Å². The number of nitro benzene ring substituents is 1. The van der Waals surface area contributed by atoms with Crippen LogP contribution in [0.25, 0.3) is 16.8 Å². The molecule has 4 aromatic rings. The van der Waals surface area contributed by atoms with Gasteiger partial charge in [0.05, 0.1) is 19.1 Å². The summed E-state index contributed by atoms with van der Waals surface area (Å²) in [5, 5.41) is 13.5. The Morgan fingerprint density at radius 3 is 2.15 bits per heavy atom. The topological polar surface area (TPSA) is 87.9 Å². The molecule has 0 aliphatic heterocycles. The summed E-state index contributed by atoms with van der Waals surface area (Å²) < 4.78 is 16.0. The first-order chi connectivity index (χ1) is 16.5. The minimum absolute atomic E-state index is 0.101. The molecule has 0 aromatic heterocycles. The maximum absolute atomic E-state index is 12.7. The summed E-state index contributed by atoms with van der Waals surface area (Å²) in [5.74, 6) is 1.73. The van der Waals surface area contributed by atoms with Crippen LogP contribution in [-0.2, 0) is 0 Å². The van der Waals surface area contributed by atoms with Crippen LogP contribution in [0.2, 0.25) is 0 Å². The standard InChI is InChI=1S/C27H21NO6/c1-32-22-9-11-23(12-10-22)34-27-14-4-18(15-25(27)28(30)31)3-13-26(29)21-6-5-20-17-24(33-2)8-7-19(20)16-21/h3-17H,1-2H3/b13-3+. The number of benzene rings is 4. The van der Waals surface area contributed by atoms with E-state index in [-0.39, 0.29) is 17.2 Å². The zero-order chi connectivity index (χ0) is 24.1. The highest BCUT2D eigenvalue weighted by molar-refractivity contribution is 6.08. The maximum Gasteiger partial charge on any atom is 0.312 e. The Hall–Kier alpha value is -4.65. The van der Waals surface area contributed by atoms with Crippen molar-refractivity contribution in [2.75, 3.05) is 14.2 Å². The molecule has 34 heavy (non-hydrogen) atoms. The average molecular weight is 455 g/mol. The van der Waals surface area contributed by atoms with Gasteiger partial charge in [0.2, 0.25) is 5.75 Å². The Morgan fingerprint density at radius 1 is 0.794 bits per heavy atom. The summed E-state index contributed by atoms with van der Waals surface area (Å²) in [6.45, 7) is 0. The Morgan fingerprint density at radius 2 is 1.44 bits per heavy atom. The highest BCUT2D eigenvalue weighted by atomic mass is 16.6. The predicted octanol–water partition coefficient (Wildman–Crippen LogP) is 6.45. The van der Waals surface area contributed by atoms with Gasteiger partial charge in [0.25, 0.3) is 0 Å². The molecule has 0 N–H and O–H groups in total. The van der Waals surface area contributed by atoms with E-state index in [2.05, 4.69) is 0 Å². The molecular weight excluding hydrogens is 434 g/mol. The lowest BCUT2D eigenvalue weighted by atomic mass is 10.0. The van der Waals surface area contributed by atoms with Gasteiger partial charge in [0.1, 0.15) is 17.2 Å². The number of ether oxygens (including phenoxy) is 3. The van der Waals surface area contributed by atoms with Crippen LogP contribution in [0, 0.1) is 10.1 Å². The third kappa shape index (κ3) is 5.05. The number of hydrogen-bond acceptors (Lipinski definition) is 6. The molecule has 0 atom stereocenters. The molecule has 0 aliphatic carbocycles. The number of carbonyl (C=O) groups is 1. The Bertz CT molecular complexity index is 1390. The van der Waals surface area contributed by atoms with Crippen LogP contribution in [0.1, 0.15) is 15.9 Å². The lowest BCUT2D eigenvalue weighted by Gasteiger charge is -2.08. The molecule has 0 saturated heterocycles. The molecule has 0 spiro atoms. The molecular formula is C27H21NO6.